The minimum Gasteiger partial charge on any atom is -0.457 e. The number of hydrogen-bond acceptors (Lipinski definition) is 20. The summed E-state index contributed by atoms with van der Waals surface area (Å²) in [7, 11) is 5.55. The third-order valence-electron chi connectivity index (χ3n) is 19.6. The Morgan fingerprint density at radius 3 is 0.991 bits per heavy atom. The Labute approximate surface area is 637 Å². The maximum Gasteiger partial charge on any atom is 0.243 e. The first-order valence-corrected chi connectivity index (χ1v) is 37.2. The van der Waals surface area contributed by atoms with Crippen molar-refractivity contribution >= 4 is 68.3 Å². The van der Waals surface area contributed by atoms with Crippen LogP contribution in [0.5, 0.6) is 34.5 Å². The summed E-state index contributed by atoms with van der Waals surface area (Å²) in [6.07, 6.45) is 25.0. The minimum absolute atomic E-state index is 0.0389. The number of nitrogens with one attached hydrogen (secondary N) is 3. The van der Waals surface area contributed by atoms with Crippen LogP contribution in [0.1, 0.15) is 102 Å². The van der Waals surface area contributed by atoms with Crippen LogP contribution in [-0.2, 0) is 19.1 Å². The number of carbonyl (C=O) groups excluding carboxylic acids is 3. The molecule has 0 atom stereocenters. The zero-order chi connectivity index (χ0) is 76.3. The van der Waals surface area contributed by atoms with E-state index in [1.807, 2.05) is 210 Å². The quantitative estimate of drug-likeness (QED) is 0.0343. The number of fused-ring (bicyclic) bond motifs is 3. The Hall–Kier alpha value is -12.7. The van der Waals surface area contributed by atoms with E-state index in [1.54, 1.807) is 31.4 Å². The van der Waals surface area contributed by atoms with Gasteiger partial charge in [0.15, 0.2) is 16.9 Å². The fourth-order valence-electron chi connectivity index (χ4n) is 14.2. The SMILES string of the molecule is C/C=C/C(=O)NC1CCC(n2nc(-c3ccc(Oc4ccccc4)cc3)c3c(N)ncnc32)CC1.CN(C)C/C=C/C(=O)NC1CCC(n2nc(-c3ccc(Oc4ccccc4)cc3)c3c(N)ncnc32)CC1.COC/C=C/C(=O)NC1CCC(n2nc(-c3ccc(Oc4ccccc4)cc3)c3c(N)ncnc32)CC1. The number of ether oxygens (including phenoxy) is 4. The first kappa shape index (κ1) is 75.6. The monoisotopic (exact) mass is 1480 g/mol. The number of rotatable bonds is 22. The van der Waals surface area contributed by atoms with Gasteiger partial charge < -0.3 is 57.0 Å². The Bertz CT molecular complexity index is 5150. The number of methoxy groups -OCH3 is 1. The fourth-order valence-corrected chi connectivity index (χ4v) is 14.2. The molecule has 0 unspecified atom stereocenters. The topological polar surface area (TPSA) is 336 Å². The van der Waals surface area contributed by atoms with E-state index in [9.17, 15) is 14.4 Å². The molecule has 0 bridgehead atoms. The van der Waals surface area contributed by atoms with Gasteiger partial charge in [0.2, 0.25) is 17.7 Å². The molecule has 3 aliphatic rings. The van der Waals surface area contributed by atoms with Crippen molar-refractivity contribution in [1.82, 2.24) is 80.1 Å². The van der Waals surface area contributed by atoms with Crippen molar-refractivity contribution in [3.05, 3.63) is 219 Å². The van der Waals surface area contributed by atoms with Crippen LogP contribution in [0, 0.1) is 0 Å². The second-order valence-electron chi connectivity index (χ2n) is 27.6. The molecule has 0 radical (unpaired) electrons. The summed E-state index contributed by atoms with van der Waals surface area (Å²) in [5.74, 6) is 5.61. The average molecular weight is 1480 g/mol. The van der Waals surface area contributed by atoms with Crippen molar-refractivity contribution in [1.29, 1.82) is 0 Å². The number of nitrogen functional groups attached to an aromatic ring is 3. The van der Waals surface area contributed by atoms with Crippen molar-refractivity contribution in [3.8, 4) is 68.3 Å². The van der Waals surface area contributed by atoms with Gasteiger partial charge in [-0.1, -0.05) is 72.8 Å². The smallest absolute Gasteiger partial charge is 0.243 e. The zero-order valence-electron chi connectivity index (χ0n) is 62.1. The summed E-state index contributed by atoms with van der Waals surface area (Å²) in [6.45, 7) is 3.00. The number of nitrogens with zero attached hydrogens (tertiary/aromatic N) is 13. The van der Waals surface area contributed by atoms with E-state index in [4.69, 9.17) is 51.4 Å². The molecule has 26 nitrogen and oxygen atoms in total. The van der Waals surface area contributed by atoms with E-state index >= 15 is 0 Å². The molecule has 3 aliphatic carbocycles. The molecule has 3 saturated carbocycles. The van der Waals surface area contributed by atoms with Crippen LogP contribution in [0.4, 0.5) is 17.5 Å². The Morgan fingerprint density at radius 1 is 0.409 bits per heavy atom. The Balaban J connectivity index is 0.000000145. The largest absolute Gasteiger partial charge is 0.457 e. The highest BCUT2D eigenvalue weighted by Gasteiger charge is 2.31. The molecule has 0 saturated heterocycles. The molecule has 6 heterocycles. The van der Waals surface area contributed by atoms with Crippen LogP contribution >= 0.6 is 0 Å². The van der Waals surface area contributed by atoms with E-state index in [2.05, 4.69) is 45.9 Å². The third-order valence-corrected chi connectivity index (χ3v) is 19.6. The van der Waals surface area contributed by atoms with Gasteiger partial charge in [0.25, 0.3) is 0 Å². The number of likely N-dealkylation sites (N-methyl/N-ethyl adjacent to an activating group) is 1. The summed E-state index contributed by atoms with van der Waals surface area (Å²) in [4.78, 5) is 64.6. The van der Waals surface area contributed by atoms with E-state index in [0.29, 0.717) is 24.1 Å². The van der Waals surface area contributed by atoms with Gasteiger partial charge in [-0.3, -0.25) is 14.4 Å². The van der Waals surface area contributed by atoms with Crippen LogP contribution in [0.2, 0.25) is 0 Å². The molecule has 0 spiro atoms. The molecule has 3 amide bonds. The Kier molecular flexibility index (Phi) is 24.9. The van der Waals surface area contributed by atoms with Gasteiger partial charge in [0.05, 0.1) is 40.9 Å². The van der Waals surface area contributed by atoms with Crippen LogP contribution in [0.3, 0.4) is 0 Å². The molecule has 6 aromatic heterocycles. The molecular weight excluding hydrogens is 1390 g/mol. The molecule has 6 aromatic carbocycles. The highest BCUT2D eigenvalue weighted by molar-refractivity contribution is 6.00. The van der Waals surface area contributed by atoms with Gasteiger partial charge in [-0.15, -0.1) is 0 Å². The molecule has 26 heteroatoms. The number of allylic oxidation sites excluding steroid dienone is 1. The highest BCUT2D eigenvalue weighted by atomic mass is 16.5. The number of nitrogens with two attached hydrogens (primary N) is 3. The second-order valence-corrected chi connectivity index (χ2v) is 27.6. The van der Waals surface area contributed by atoms with Gasteiger partial charge in [0, 0.05) is 60.6 Å². The van der Waals surface area contributed by atoms with Gasteiger partial charge in [-0.2, -0.15) is 15.3 Å². The van der Waals surface area contributed by atoms with Crippen LogP contribution < -0.4 is 47.4 Å². The Morgan fingerprint density at radius 2 is 0.700 bits per heavy atom. The molecule has 15 rings (SSSR count). The lowest BCUT2D eigenvalue weighted by Gasteiger charge is -2.29. The number of benzene rings is 6. The predicted octanol–water partition coefficient (Wildman–Crippen LogP) is 14.3. The van der Waals surface area contributed by atoms with Gasteiger partial charge >= 0.3 is 0 Å². The first-order valence-electron chi connectivity index (χ1n) is 37.2. The van der Waals surface area contributed by atoms with Crippen LogP contribution in [0.25, 0.3) is 66.9 Å². The maximum absolute atomic E-state index is 12.3. The van der Waals surface area contributed by atoms with Crippen LogP contribution in [-0.4, -0.2) is 134 Å². The van der Waals surface area contributed by atoms with Gasteiger partial charge in [-0.05, 0) is 213 Å². The maximum atomic E-state index is 12.3. The number of anilines is 3. The number of para-hydroxylation sites is 3. The van der Waals surface area contributed by atoms with Crippen LogP contribution in [0.15, 0.2) is 219 Å². The van der Waals surface area contributed by atoms with Crippen molar-refractivity contribution < 1.29 is 33.3 Å². The number of aromatic nitrogens is 12. The fraction of sp³-hybridized carbons (Fsp3) is 0.286. The first-order chi connectivity index (χ1) is 53.7. The predicted molar refractivity (Wildman–Crippen MR) is 427 cm³/mol. The van der Waals surface area contributed by atoms with Gasteiger partial charge in [-0.25, -0.2) is 43.9 Å². The molecule has 9 N–H and O–H groups in total. The van der Waals surface area contributed by atoms with Crippen molar-refractivity contribution in [2.24, 2.45) is 0 Å². The van der Waals surface area contributed by atoms with E-state index < -0.39 is 0 Å². The normalized spacial score (nSPS) is 17.9. The lowest BCUT2D eigenvalue weighted by molar-refractivity contribution is -0.118. The van der Waals surface area contributed by atoms with Gasteiger partial charge in [0.1, 0.15) is 88.0 Å². The number of amides is 3. The third kappa shape index (κ3) is 19.0. The molecule has 110 heavy (non-hydrogen) atoms. The van der Waals surface area contributed by atoms with Crippen molar-refractivity contribution in [2.75, 3.05) is 51.6 Å². The zero-order valence-corrected chi connectivity index (χ0v) is 62.1. The molecule has 3 fully saturated rings. The van der Waals surface area contributed by atoms with E-state index in [-0.39, 0.29) is 54.0 Å². The summed E-state index contributed by atoms with van der Waals surface area (Å²) < 4.78 is 28.7. The summed E-state index contributed by atoms with van der Waals surface area (Å²) in [5.41, 5.74) is 26.1. The molecule has 0 aliphatic heterocycles. The summed E-state index contributed by atoms with van der Waals surface area (Å²) >= 11 is 0. The summed E-state index contributed by atoms with van der Waals surface area (Å²) in [5, 5.41) is 26.5. The molecule has 12 aromatic rings. The lowest BCUT2D eigenvalue weighted by atomic mass is 9.91. The minimum atomic E-state index is -0.0902. The molecule has 564 valence electrons. The van der Waals surface area contributed by atoms with E-state index in [1.165, 1.54) is 25.1 Å². The molecular formula is C84H91N19O7. The number of carbonyl (C=O) groups is 3. The highest BCUT2D eigenvalue weighted by Crippen LogP contribution is 2.41. The standard InChI is InChI=1S/C29H33N7O2.C28H30N6O3.C27H28N6O2/c1-35(2)18-6-9-25(37)33-21-12-14-22(15-13-21)36-29-26(28(30)31-19-32-29)27(34-36)20-10-16-24(17-11-20)38-23-7-4-3-5-8-23;1-36-17-5-8-24(35)32-20-11-13-21(14-12-20)34-28-25(27(29)30-18-31-28)26(33-34)19-9-15-23(16-10-19)37-22-6-3-2-4-7-22;1-2-6-23(34)31-19-11-13-20(14-12-19)33-27-24(26(28)29-17-30-27)25(32-33)18-9-15-22(16-10-18)35-21-7-4-3-5-8-21/h3-11,16-17,19,21-22H,12-15,18H2,1-2H3,(H,33,37)(H2,30,31,32);2-10,15-16,18,20-21H,11-14,17H2,1H3,(H,32,35)(H2,29,30,31);2-10,15-17,19-20H,11-14H2,1H3,(H,31,34)(H2,28,29,30)/b9-6+;8-5+;6-2+. The number of hydrogen-bond donors (Lipinski definition) is 6. The second kappa shape index (κ2) is 36.3. The average Bonchev–Trinajstić information content (AvgIpc) is 1.62. The summed E-state index contributed by atoms with van der Waals surface area (Å²) in [6, 6.07) is 53.4. The lowest BCUT2D eigenvalue weighted by Crippen LogP contribution is -2.37. The van der Waals surface area contributed by atoms with Crippen molar-refractivity contribution in [3.63, 3.8) is 0 Å². The van der Waals surface area contributed by atoms with E-state index in [0.717, 1.165) is 185 Å². The van der Waals surface area contributed by atoms with Crippen molar-refractivity contribution in [2.45, 2.75) is 120 Å².